The van der Waals surface area contributed by atoms with Crippen LogP contribution in [-0.4, -0.2) is 69.9 Å². The van der Waals surface area contributed by atoms with E-state index in [1.165, 1.54) is 205 Å². The molecular formula is C56H112O9. The van der Waals surface area contributed by atoms with E-state index in [2.05, 4.69) is 13.8 Å². The van der Waals surface area contributed by atoms with Gasteiger partial charge < -0.3 is 30.3 Å². The van der Waals surface area contributed by atoms with Gasteiger partial charge in [0.2, 0.25) is 0 Å². The Kier molecular flexibility index (Phi) is 60.7. The summed E-state index contributed by atoms with van der Waals surface area (Å²) < 4.78 is 5.33. The highest BCUT2D eigenvalue weighted by molar-refractivity contribution is 5.69. The molecule has 0 rings (SSSR count). The number of esters is 1. The number of carbonyl (C=O) groups excluding carboxylic acids is 1. The van der Waals surface area contributed by atoms with Crippen molar-refractivity contribution in [3.05, 3.63) is 0 Å². The normalized spacial score (nSPS) is 11.2. The van der Waals surface area contributed by atoms with Crippen molar-refractivity contribution in [1.29, 1.82) is 0 Å². The van der Waals surface area contributed by atoms with Crippen molar-refractivity contribution < 1.29 is 44.7 Å². The zero-order valence-corrected chi connectivity index (χ0v) is 43.5. The molecule has 0 amide bonds. The van der Waals surface area contributed by atoms with Crippen LogP contribution in [0.2, 0.25) is 0 Å². The largest absolute Gasteiger partial charge is 0.481 e. The van der Waals surface area contributed by atoms with Gasteiger partial charge in [0.05, 0.1) is 26.4 Å². The highest BCUT2D eigenvalue weighted by Crippen LogP contribution is 2.19. The lowest BCUT2D eigenvalue weighted by atomic mass is 9.88. The van der Waals surface area contributed by atoms with Crippen molar-refractivity contribution in [2.75, 3.05) is 26.4 Å². The monoisotopic (exact) mass is 929 g/mol. The number of unbranched alkanes of at least 4 members (excludes halogenated alkanes) is 38. The molecule has 0 fully saturated rings. The smallest absolute Gasteiger partial charge is 0.305 e. The fourth-order valence-corrected chi connectivity index (χ4v) is 8.00. The quantitative estimate of drug-likeness (QED) is 0.0295. The molecule has 0 aliphatic carbocycles. The Hall–Kier alpha value is -1.71. The summed E-state index contributed by atoms with van der Waals surface area (Å²) in [6.45, 7) is 6.49. The van der Waals surface area contributed by atoms with Gasteiger partial charge in [-0.25, -0.2) is 0 Å². The first-order chi connectivity index (χ1) is 31.7. The van der Waals surface area contributed by atoms with E-state index in [0.717, 1.165) is 57.8 Å². The third kappa shape index (κ3) is 60.3. The van der Waals surface area contributed by atoms with Crippen LogP contribution in [0.4, 0.5) is 0 Å². The predicted molar refractivity (Wildman–Crippen MR) is 275 cm³/mol. The third-order valence-corrected chi connectivity index (χ3v) is 13.0. The summed E-state index contributed by atoms with van der Waals surface area (Å²) in [5, 5.41) is 43.1. The number of aliphatic hydroxyl groups is 3. The van der Waals surface area contributed by atoms with Crippen LogP contribution in [0.1, 0.15) is 310 Å². The molecule has 0 unspecified atom stereocenters. The average Bonchev–Trinajstić information content (AvgIpc) is 3.30. The molecule has 0 aliphatic rings. The number of hydrogen-bond acceptors (Lipinski definition) is 7. The first kappa shape index (κ1) is 67.6. The molecular weight excluding hydrogens is 817 g/mol. The Bertz CT molecular complexity index is 921. The van der Waals surface area contributed by atoms with Crippen molar-refractivity contribution in [2.45, 2.75) is 310 Å². The number of carboxylic acids is 2. The Morgan fingerprint density at radius 3 is 0.738 bits per heavy atom. The summed E-state index contributed by atoms with van der Waals surface area (Å²) in [4.78, 5) is 32.5. The van der Waals surface area contributed by atoms with Gasteiger partial charge in [-0.05, 0) is 32.1 Å². The summed E-state index contributed by atoms with van der Waals surface area (Å²) in [5.41, 5.74) is -0.667. The molecule has 65 heavy (non-hydrogen) atoms. The summed E-state index contributed by atoms with van der Waals surface area (Å²) in [5.74, 6) is -1.42. The maximum absolute atomic E-state index is 11.7. The van der Waals surface area contributed by atoms with Crippen LogP contribution in [0.15, 0.2) is 0 Å². The van der Waals surface area contributed by atoms with Gasteiger partial charge in [0.15, 0.2) is 0 Å². The van der Waals surface area contributed by atoms with Crippen LogP contribution in [0.25, 0.3) is 0 Å². The molecule has 0 aliphatic heterocycles. The predicted octanol–water partition coefficient (Wildman–Crippen LogP) is 16.2. The van der Waals surface area contributed by atoms with E-state index in [0.29, 0.717) is 25.9 Å². The minimum absolute atomic E-state index is 0.0585. The van der Waals surface area contributed by atoms with Crippen LogP contribution in [-0.2, 0) is 19.1 Å². The molecule has 390 valence electrons. The maximum atomic E-state index is 11.7. The second kappa shape index (κ2) is 58.4. The SMILES string of the molecule is CCC(CO)(CO)CO.CCCCCCCCCCCCCCCCCCCCCC(=O)O.CCCCCCCCCCCCCCCCCCOC(=O)CCCCCCCCC(=O)O. The molecule has 0 aromatic heterocycles. The number of aliphatic carboxylic acids is 2. The molecule has 9 nitrogen and oxygen atoms in total. The van der Waals surface area contributed by atoms with Gasteiger partial charge in [-0.3, -0.25) is 14.4 Å². The zero-order chi connectivity index (χ0) is 48.6. The average molecular weight is 930 g/mol. The second-order valence-electron chi connectivity index (χ2n) is 19.4. The van der Waals surface area contributed by atoms with Gasteiger partial charge in [-0.2, -0.15) is 0 Å². The lowest BCUT2D eigenvalue weighted by Crippen LogP contribution is -2.32. The Morgan fingerprint density at radius 1 is 0.323 bits per heavy atom. The molecule has 0 bridgehead atoms. The number of carbonyl (C=O) groups is 3. The van der Waals surface area contributed by atoms with E-state index in [1.807, 2.05) is 6.92 Å². The van der Waals surface area contributed by atoms with Crippen molar-refractivity contribution in [2.24, 2.45) is 5.41 Å². The zero-order valence-electron chi connectivity index (χ0n) is 43.5. The summed E-state index contributed by atoms with van der Waals surface area (Å²) >= 11 is 0. The van der Waals surface area contributed by atoms with Gasteiger partial charge in [0.25, 0.3) is 0 Å². The van der Waals surface area contributed by atoms with E-state index in [9.17, 15) is 14.4 Å². The molecule has 9 heteroatoms. The molecule has 0 spiro atoms. The summed E-state index contributed by atoms with van der Waals surface area (Å²) in [7, 11) is 0. The highest BCUT2D eigenvalue weighted by Gasteiger charge is 2.25. The Balaban J connectivity index is -0.00000102. The van der Waals surface area contributed by atoms with Crippen molar-refractivity contribution >= 4 is 17.9 Å². The lowest BCUT2D eigenvalue weighted by molar-refractivity contribution is -0.144. The van der Waals surface area contributed by atoms with Crippen LogP contribution >= 0.6 is 0 Å². The first-order valence-electron chi connectivity index (χ1n) is 28.1. The number of hydrogen-bond donors (Lipinski definition) is 5. The van der Waals surface area contributed by atoms with Crippen LogP contribution < -0.4 is 0 Å². The fraction of sp³-hybridized carbons (Fsp3) is 0.946. The molecule has 0 aromatic rings. The highest BCUT2D eigenvalue weighted by atomic mass is 16.5. The van der Waals surface area contributed by atoms with Gasteiger partial charge in [-0.15, -0.1) is 0 Å². The molecule has 0 heterocycles. The number of carboxylic acid groups (broad SMARTS) is 2. The molecule has 0 saturated carbocycles. The number of aliphatic hydroxyl groups excluding tert-OH is 3. The van der Waals surface area contributed by atoms with Crippen molar-refractivity contribution in [3.63, 3.8) is 0 Å². The van der Waals surface area contributed by atoms with Crippen LogP contribution in [0.5, 0.6) is 0 Å². The first-order valence-corrected chi connectivity index (χ1v) is 28.1. The van der Waals surface area contributed by atoms with Gasteiger partial charge in [0, 0.05) is 24.7 Å². The molecule has 0 atom stereocenters. The van der Waals surface area contributed by atoms with Crippen molar-refractivity contribution in [1.82, 2.24) is 0 Å². The van der Waals surface area contributed by atoms with Gasteiger partial charge >= 0.3 is 17.9 Å². The van der Waals surface area contributed by atoms with E-state index in [1.54, 1.807) is 0 Å². The molecule has 5 N–H and O–H groups in total. The van der Waals surface area contributed by atoms with Crippen LogP contribution in [0, 0.1) is 5.41 Å². The fourth-order valence-electron chi connectivity index (χ4n) is 8.00. The van der Waals surface area contributed by atoms with Crippen molar-refractivity contribution in [3.8, 4) is 0 Å². The Morgan fingerprint density at radius 2 is 0.538 bits per heavy atom. The number of rotatable bonds is 50. The van der Waals surface area contributed by atoms with E-state index < -0.39 is 17.4 Å². The van der Waals surface area contributed by atoms with E-state index in [4.69, 9.17) is 30.3 Å². The van der Waals surface area contributed by atoms with Crippen LogP contribution in [0.3, 0.4) is 0 Å². The van der Waals surface area contributed by atoms with Gasteiger partial charge in [0.1, 0.15) is 0 Å². The topological polar surface area (TPSA) is 162 Å². The second-order valence-corrected chi connectivity index (χ2v) is 19.4. The molecule has 0 aromatic carbocycles. The van der Waals surface area contributed by atoms with E-state index in [-0.39, 0.29) is 32.2 Å². The third-order valence-electron chi connectivity index (χ3n) is 13.0. The standard InChI is InChI=1S/C28H54O4.C22H44O2.C6H14O3/c1-2-3-4-5-6-7-8-9-10-11-12-13-14-17-20-23-26-32-28(31)25-22-19-16-15-18-21-24-27(29)30;1-2-3-4-5-6-7-8-9-10-11-12-13-14-15-16-17-18-19-20-21-22(23)24;1-2-6(3-7,4-8)5-9/h2-26H2,1H3,(H,29,30);2-21H2,1H3,(H,23,24);7-9H,2-5H2,1H3. The van der Waals surface area contributed by atoms with Gasteiger partial charge in [-0.1, -0.05) is 258 Å². The molecule has 0 saturated heterocycles. The Labute approximate surface area is 402 Å². The maximum Gasteiger partial charge on any atom is 0.305 e. The minimum Gasteiger partial charge on any atom is -0.481 e. The summed E-state index contributed by atoms with van der Waals surface area (Å²) in [6, 6.07) is 0. The lowest BCUT2D eigenvalue weighted by Gasteiger charge is -2.24. The number of ether oxygens (including phenoxy) is 1. The van der Waals surface area contributed by atoms with E-state index >= 15 is 0 Å². The molecule has 0 radical (unpaired) electrons. The minimum atomic E-state index is -0.711. The summed E-state index contributed by atoms with van der Waals surface area (Å²) in [6.07, 6.45) is 54.9.